The van der Waals surface area contributed by atoms with Gasteiger partial charge in [0.05, 0.1) is 16.8 Å². The van der Waals surface area contributed by atoms with Crippen LogP contribution in [0.15, 0.2) is 28.6 Å². The number of para-hydroxylation sites is 1. The molecule has 5 heteroatoms. The smallest absolute Gasteiger partial charge is 0.151 e. The first kappa shape index (κ1) is 13.8. The van der Waals surface area contributed by atoms with Gasteiger partial charge in [-0.25, -0.2) is 4.98 Å². The fourth-order valence-electron chi connectivity index (χ4n) is 1.54. The van der Waals surface area contributed by atoms with Crippen molar-refractivity contribution in [1.82, 2.24) is 10.3 Å². The molecule has 0 spiro atoms. The normalized spacial score (nSPS) is 11.2. The average Bonchev–Trinajstić information content (AvgIpc) is 2.80. The number of thioether (sulfide) groups is 1. The molecule has 18 heavy (non-hydrogen) atoms. The first-order chi connectivity index (χ1) is 8.90. The molecule has 2 aromatic rings. The lowest BCUT2D eigenvalue weighted by molar-refractivity contribution is 0.150. The Morgan fingerprint density at radius 2 is 2.22 bits per heavy atom. The van der Waals surface area contributed by atoms with Crippen molar-refractivity contribution in [3.05, 3.63) is 24.3 Å². The van der Waals surface area contributed by atoms with Gasteiger partial charge in [0.2, 0.25) is 0 Å². The molecule has 0 aliphatic rings. The summed E-state index contributed by atoms with van der Waals surface area (Å²) in [4.78, 5) is 4.59. The van der Waals surface area contributed by atoms with Gasteiger partial charge in [-0.2, -0.15) is 0 Å². The summed E-state index contributed by atoms with van der Waals surface area (Å²) >= 11 is 3.58. The van der Waals surface area contributed by atoms with E-state index in [4.69, 9.17) is 4.74 Å². The largest absolute Gasteiger partial charge is 0.380 e. The molecule has 1 N–H and O–H groups in total. The Morgan fingerprint density at radius 3 is 3.06 bits per heavy atom. The predicted molar refractivity (Wildman–Crippen MR) is 79.7 cm³/mol. The minimum absolute atomic E-state index is 0.794. The van der Waals surface area contributed by atoms with E-state index in [2.05, 4.69) is 28.5 Å². The van der Waals surface area contributed by atoms with Crippen LogP contribution >= 0.6 is 23.1 Å². The lowest BCUT2D eigenvalue weighted by Gasteiger charge is -2.03. The third-order valence-electron chi connectivity index (χ3n) is 2.41. The standard InChI is InChI=1S/C13H18N2OS2/c1-2-16-9-7-14-8-10-17-13-15-11-5-3-4-6-12(11)18-13/h3-6,14H,2,7-10H2,1H3. The van der Waals surface area contributed by atoms with Gasteiger partial charge in [-0.1, -0.05) is 23.9 Å². The third kappa shape index (κ3) is 4.24. The third-order valence-corrected chi connectivity index (χ3v) is 4.59. The molecule has 0 fully saturated rings. The van der Waals surface area contributed by atoms with Crippen LogP contribution in [-0.4, -0.2) is 37.0 Å². The average molecular weight is 282 g/mol. The Hall–Kier alpha value is -0.620. The highest BCUT2D eigenvalue weighted by atomic mass is 32.2. The van der Waals surface area contributed by atoms with E-state index in [9.17, 15) is 0 Å². The highest BCUT2D eigenvalue weighted by molar-refractivity contribution is 8.01. The number of aromatic nitrogens is 1. The van der Waals surface area contributed by atoms with Gasteiger partial charge in [-0.05, 0) is 19.1 Å². The van der Waals surface area contributed by atoms with Gasteiger partial charge in [0, 0.05) is 25.4 Å². The minimum atomic E-state index is 0.794. The van der Waals surface area contributed by atoms with Crippen LogP contribution in [0, 0.1) is 0 Å². The number of ether oxygens (including phenoxy) is 1. The molecule has 0 unspecified atom stereocenters. The van der Waals surface area contributed by atoms with Gasteiger partial charge in [0.25, 0.3) is 0 Å². The van der Waals surface area contributed by atoms with E-state index in [0.29, 0.717) is 0 Å². The number of rotatable bonds is 8. The Bertz CT molecular complexity index is 440. The summed E-state index contributed by atoms with van der Waals surface area (Å²) in [6, 6.07) is 8.28. The van der Waals surface area contributed by atoms with E-state index in [-0.39, 0.29) is 0 Å². The molecule has 1 aromatic heterocycles. The molecule has 0 aliphatic heterocycles. The van der Waals surface area contributed by atoms with Crippen LogP contribution < -0.4 is 5.32 Å². The fraction of sp³-hybridized carbons (Fsp3) is 0.462. The van der Waals surface area contributed by atoms with Gasteiger partial charge < -0.3 is 10.1 Å². The van der Waals surface area contributed by atoms with Crippen LogP contribution in [0.4, 0.5) is 0 Å². The van der Waals surface area contributed by atoms with Crippen LogP contribution in [0.2, 0.25) is 0 Å². The van der Waals surface area contributed by atoms with Crippen molar-refractivity contribution in [2.45, 2.75) is 11.3 Å². The molecule has 1 heterocycles. The number of nitrogens with one attached hydrogen (secondary N) is 1. The van der Waals surface area contributed by atoms with E-state index in [1.807, 2.05) is 24.8 Å². The molecular formula is C13H18N2OS2. The maximum atomic E-state index is 5.26. The first-order valence-electron chi connectivity index (χ1n) is 6.17. The number of hydrogen-bond donors (Lipinski definition) is 1. The first-order valence-corrected chi connectivity index (χ1v) is 7.97. The molecule has 0 bridgehead atoms. The molecule has 3 nitrogen and oxygen atoms in total. The quantitative estimate of drug-likeness (QED) is 0.596. The van der Waals surface area contributed by atoms with E-state index in [1.165, 1.54) is 4.70 Å². The SMILES string of the molecule is CCOCCNCCSc1nc2ccccc2s1. The van der Waals surface area contributed by atoms with Gasteiger partial charge in [0.15, 0.2) is 4.34 Å². The number of nitrogens with zero attached hydrogens (tertiary/aromatic N) is 1. The van der Waals surface area contributed by atoms with Crippen molar-refractivity contribution in [3.8, 4) is 0 Å². The van der Waals surface area contributed by atoms with Gasteiger partial charge in [-0.3, -0.25) is 0 Å². The molecule has 0 aliphatic carbocycles. The van der Waals surface area contributed by atoms with E-state index in [0.717, 1.165) is 41.9 Å². The van der Waals surface area contributed by atoms with Gasteiger partial charge in [-0.15, -0.1) is 11.3 Å². The predicted octanol–water partition coefficient (Wildman–Crippen LogP) is 3.01. The van der Waals surface area contributed by atoms with Crippen molar-refractivity contribution in [2.75, 3.05) is 32.1 Å². The zero-order valence-corrected chi connectivity index (χ0v) is 12.1. The number of thiazole rings is 1. The van der Waals surface area contributed by atoms with E-state index in [1.54, 1.807) is 11.3 Å². The highest BCUT2D eigenvalue weighted by Gasteiger charge is 2.02. The van der Waals surface area contributed by atoms with Crippen LogP contribution in [0.1, 0.15) is 6.92 Å². The highest BCUT2D eigenvalue weighted by Crippen LogP contribution is 2.28. The number of hydrogen-bond acceptors (Lipinski definition) is 5. The Kier molecular flexibility index (Phi) is 5.93. The second-order valence-corrected chi connectivity index (χ2v) is 6.12. The second-order valence-electron chi connectivity index (χ2n) is 3.74. The molecule has 0 atom stereocenters. The maximum absolute atomic E-state index is 5.26. The molecular weight excluding hydrogens is 264 g/mol. The monoisotopic (exact) mass is 282 g/mol. The Labute approximate surface area is 116 Å². The summed E-state index contributed by atoms with van der Waals surface area (Å²) in [6.07, 6.45) is 0. The van der Waals surface area contributed by atoms with Crippen molar-refractivity contribution in [2.24, 2.45) is 0 Å². The van der Waals surface area contributed by atoms with Crippen molar-refractivity contribution in [1.29, 1.82) is 0 Å². The lowest BCUT2D eigenvalue weighted by atomic mass is 10.3. The maximum Gasteiger partial charge on any atom is 0.151 e. The van der Waals surface area contributed by atoms with Crippen LogP contribution in [0.25, 0.3) is 10.2 Å². The van der Waals surface area contributed by atoms with E-state index >= 15 is 0 Å². The zero-order valence-electron chi connectivity index (χ0n) is 10.5. The molecule has 2 rings (SSSR count). The Balaban J connectivity index is 1.67. The fourth-order valence-corrected chi connectivity index (χ4v) is 3.57. The molecule has 0 amide bonds. The molecule has 98 valence electrons. The molecule has 0 saturated carbocycles. The zero-order chi connectivity index (χ0) is 12.6. The minimum Gasteiger partial charge on any atom is -0.380 e. The summed E-state index contributed by atoms with van der Waals surface area (Å²) in [5.41, 5.74) is 1.11. The topological polar surface area (TPSA) is 34.1 Å². The number of fused-ring (bicyclic) bond motifs is 1. The summed E-state index contributed by atoms with van der Waals surface area (Å²) in [6.45, 7) is 5.52. The van der Waals surface area contributed by atoms with Crippen molar-refractivity contribution >= 4 is 33.3 Å². The lowest BCUT2D eigenvalue weighted by Crippen LogP contribution is -2.22. The van der Waals surface area contributed by atoms with Gasteiger partial charge >= 0.3 is 0 Å². The summed E-state index contributed by atoms with van der Waals surface area (Å²) < 4.78 is 7.68. The van der Waals surface area contributed by atoms with Crippen LogP contribution in [0.3, 0.4) is 0 Å². The second kappa shape index (κ2) is 7.74. The van der Waals surface area contributed by atoms with Crippen molar-refractivity contribution < 1.29 is 4.74 Å². The summed E-state index contributed by atoms with van der Waals surface area (Å²) in [5.74, 6) is 1.05. The number of benzene rings is 1. The Morgan fingerprint density at radius 1 is 1.33 bits per heavy atom. The summed E-state index contributed by atoms with van der Waals surface area (Å²) in [7, 11) is 0. The van der Waals surface area contributed by atoms with Crippen LogP contribution in [0.5, 0.6) is 0 Å². The molecule has 0 saturated heterocycles. The summed E-state index contributed by atoms with van der Waals surface area (Å²) in [5, 5.41) is 3.36. The van der Waals surface area contributed by atoms with Gasteiger partial charge in [0.1, 0.15) is 0 Å². The van der Waals surface area contributed by atoms with Crippen molar-refractivity contribution in [3.63, 3.8) is 0 Å². The molecule has 0 radical (unpaired) electrons. The van der Waals surface area contributed by atoms with Crippen LogP contribution in [-0.2, 0) is 4.74 Å². The molecule has 1 aromatic carbocycles. The van der Waals surface area contributed by atoms with E-state index < -0.39 is 0 Å².